The van der Waals surface area contributed by atoms with Crippen LogP contribution >= 0.6 is 11.6 Å². The standard InChI is InChI=1S/C13H6ClF3N2O/c14-12-6-9(5-10(7-18)19-12)8-1-3-11(4-2-8)20-13(15,16)17/h1-6H. The van der Waals surface area contributed by atoms with Crippen LogP contribution in [0.4, 0.5) is 13.2 Å². The molecule has 0 unspecified atom stereocenters. The molecule has 0 aliphatic rings. The van der Waals surface area contributed by atoms with Gasteiger partial charge in [0.15, 0.2) is 0 Å². The monoisotopic (exact) mass is 298 g/mol. The summed E-state index contributed by atoms with van der Waals surface area (Å²) < 4.78 is 39.9. The minimum Gasteiger partial charge on any atom is -0.406 e. The number of hydrogen-bond acceptors (Lipinski definition) is 3. The SMILES string of the molecule is N#Cc1cc(-c2ccc(OC(F)(F)F)cc2)cc(Cl)n1. The number of halogens is 4. The van der Waals surface area contributed by atoms with Crippen LogP contribution in [0.1, 0.15) is 5.69 Å². The first kappa shape index (κ1) is 14.2. The van der Waals surface area contributed by atoms with Crippen LogP contribution < -0.4 is 4.74 Å². The van der Waals surface area contributed by atoms with Crippen LogP contribution in [0.15, 0.2) is 36.4 Å². The second-order valence-corrected chi connectivity index (χ2v) is 4.14. The fourth-order valence-corrected chi connectivity index (χ4v) is 1.78. The lowest BCUT2D eigenvalue weighted by Gasteiger charge is -2.09. The Morgan fingerprint density at radius 3 is 2.30 bits per heavy atom. The van der Waals surface area contributed by atoms with Crippen molar-refractivity contribution in [2.75, 3.05) is 0 Å². The van der Waals surface area contributed by atoms with Crippen molar-refractivity contribution < 1.29 is 17.9 Å². The van der Waals surface area contributed by atoms with Gasteiger partial charge in [-0.15, -0.1) is 13.2 Å². The zero-order valence-corrected chi connectivity index (χ0v) is 10.5. The molecule has 0 saturated heterocycles. The molecule has 1 heterocycles. The second-order valence-electron chi connectivity index (χ2n) is 3.75. The largest absolute Gasteiger partial charge is 0.573 e. The highest BCUT2D eigenvalue weighted by Gasteiger charge is 2.30. The van der Waals surface area contributed by atoms with Gasteiger partial charge in [-0.3, -0.25) is 0 Å². The third-order valence-corrected chi connectivity index (χ3v) is 2.52. The van der Waals surface area contributed by atoms with Gasteiger partial charge < -0.3 is 4.74 Å². The summed E-state index contributed by atoms with van der Waals surface area (Å²) in [4.78, 5) is 3.77. The van der Waals surface area contributed by atoms with E-state index in [0.29, 0.717) is 11.1 Å². The Labute approximate surface area is 117 Å². The zero-order valence-electron chi connectivity index (χ0n) is 9.78. The molecule has 0 atom stereocenters. The lowest BCUT2D eigenvalue weighted by molar-refractivity contribution is -0.274. The first-order chi connectivity index (χ1) is 9.37. The van der Waals surface area contributed by atoms with Crippen LogP contribution in [-0.4, -0.2) is 11.3 Å². The smallest absolute Gasteiger partial charge is 0.406 e. The third kappa shape index (κ3) is 3.62. The molecule has 0 fully saturated rings. The van der Waals surface area contributed by atoms with Gasteiger partial charge in [-0.05, 0) is 35.4 Å². The fourth-order valence-electron chi connectivity index (χ4n) is 1.57. The van der Waals surface area contributed by atoms with E-state index in [1.54, 1.807) is 0 Å². The van der Waals surface area contributed by atoms with Crippen molar-refractivity contribution in [1.82, 2.24) is 4.98 Å². The lowest BCUT2D eigenvalue weighted by atomic mass is 10.1. The molecule has 0 aliphatic carbocycles. The van der Waals surface area contributed by atoms with Gasteiger partial charge in [0.2, 0.25) is 0 Å². The molecule has 0 radical (unpaired) electrons. The van der Waals surface area contributed by atoms with E-state index < -0.39 is 6.36 Å². The molecule has 2 aromatic rings. The van der Waals surface area contributed by atoms with Gasteiger partial charge in [0.05, 0.1) is 0 Å². The summed E-state index contributed by atoms with van der Waals surface area (Å²) in [5.41, 5.74) is 1.31. The Hall–Kier alpha value is -2.26. The molecule has 0 spiro atoms. The third-order valence-electron chi connectivity index (χ3n) is 2.33. The topological polar surface area (TPSA) is 45.9 Å². The van der Waals surface area contributed by atoms with E-state index in [1.807, 2.05) is 6.07 Å². The van der Waals surface area contributed by atoms with Crippen LogP contribution in [0.5, 0.6) is 5.75 Å². The molecule has 7 heteroatoms. The first-order valence-corrected chi connectivity index (χ1v) is 5.69. The Morgan fingerprint density at radius 2 is 1.75 bits per heavy atom. The maximum absolute atomic E-state index is 12.0. The summed E-state index contributed by atoms with van der Waals surface area (Å²) in [5.74, 6) is -0.318. The van der Waals surface area contributed by atoms with Crippen LogP contribution in [0.2, 0.25) is 5.15 Å². The summed E-state index contributed by atoms with van der Waals surface area (Å²) in [6.45, 7) is 0. The molecule has 20 heavy (non-hydrogen) atoms. The van der Waals surface area contributed by atoms with E-state index >= 15 is 0 Å². The predicted molar refractivity (Wildman–Crippen MR) is 66.1 cm³/mol. The molecule has 0 aliphatic heterocycles. The van der Waals surface area contributed by atoms with Crippen molar-refractivity contribution in [2.24, 2.45) is 0 Å². The molecular weight excluding hydrogens is 293 g/mol. The average molecular weight is 299 g/mol. The minimum absolute atomic E-state index is 0.128. The van der Waals surface area contributed by atoms with E-state index in [4.69, 9.17) is 16.9 Å². The molecule has 1 aromatic heterocycles. The number of pyridine rings is 1. The molecule has 0 saturated carbocycles. The normalized spacial score (nSPS) is 10.9. The molecule has 0 bridgehead atoms. The quantitative estimate of drug-likeness (QED) is 0.782. The van der Waals surface area contributed by atoms with Crippen molar-refractivity contribution in [1.29, 1.82) is 5.26 Å². The van der Waals surface area contributed by atoms with Crippen LogP contribution in [0.3, 0.4) is 0 Å². The van der Waals surface area contributed by atoms with Crippen LogP contribution in [-0.2, 0) is 0 Å². The van der Waals surface area contributed by atoms with Crippen molar-refractivity contribution in [3.63, 3.8) is 0 Å². The van der Waals surface area contributed by atoms with E-state index in [1.165, 1.54) is 36.4 Å². The summed E-state index contributed by atoms with van der Waals surface area (Å²) in [6, 6.07) is 10.1. The number of hydrogen-bond donors (Lipinski definition) is 0. The van der Waals surface area contributed by atoms with Gasteiger partial charge in [-0.25, -0.2) is 4.98 Å². The Morgan fingerprint density at radius 1 is 1.10 bits per heavy atom. The summed E-state index contributed by atoms with van der Waals surface area (Å²) in [5, 5.41) is 8.92. The predicted octanol–water partition coefficient (Wildman–Crippen LogP) is 4.17. The first-order valence-electron chi connectivity index (χ1n) is 5.31. The Kier molecular flexibility index (Phi) is 3.81. The molecule has 0 amide bonds. The molecule has 3 nitrogen and oxygen atoms in total. The highest BCUT2D eigenvalue weighted by molar-refractivity contribution is 6.29. The van der Waals surface area contributed by atoms with Gasteiger partial charge in [-0.2, -0.15) is 5.26 Å². The maximum Gasteiger partial charge on any atom is 0.573 e. The number of ether oxygens (including phenoxy) is 1. The number of nitrogens with zero attached hydrogens (tertiary/aromatic N) is 2. The molecule has 0 N–H and O–H groups in total. The average Bonchev–Trinajstić information content (AvgIpc) is 2.37. The highest BCUT2D eigenvalue weighted by Crippen LogP contribution is 2.27. The fraction of sp³-hybridized carbons (Fsp3) is 0.0769. The number of aromatic nitrogens is 1. The molecule has 2 rings (SSSR count). The summed E-state index contributed by atoms with van der Waals surface area (Å²) in [7, 11) is 0. The number of benzene rings is 1. The van der Waals surface area contributed by atoms with E-state index in [-0.39, 0.29) is 16.6 Å². The van der Waals surface area contributed by atoms with Crippen LogP contribution in [0, 0.1) is 11.3 Å². The Balaban J connectivity index is 2.31. The molecule has 1 aromatic carbocycles. The van der Waals surface area contributed by atoms with E-state index in [0.717, 1.165) is 0 Å². The van der Waals surface area contributed by atoms with Crippen molar-refractivity contribution >= 4 is 11.6 Å². The summed E-state index contributed by atoms with van der Waals surface area (Å²) in [6.07, 6.45) is -4.73. The second kappa shape index (κ2) is 5.39. The van der Waals surface area contributed by atoms with Crippen molar-refractivity contribution in [3.8, 4) is 22.9 Å². The van der Waals surface area contributed by atoms with Gasteiger partial charge in [0.25, 0.3) is 0 Å². The summed E-state index contributed by atoms with van der Waals surface area (Å²) >= 11 is 5.76. The van der Waals surface area contributed by atoms with Gasteiger partial charge in [-0.1, -0.05) is 23.7 Å². The highest BCUT2D eigenvalue weighted by atomic mass is 35.5. The number of rotatable bonds is 2. The molecule has 102 valence electrons. The van der Waals surface area contributed by atoms with Crippen LogP contribution in [0.25, 0.3) is 11.1 Å². The van der Waals surface area contributed by atoms with E-state index in [2.05, 4.69) is 9.72 Å². The molecular formula is C13H6ClF3N2O. The van der Waals surface area contributed by atoms with Gasteiger partial charge in [0.1, 0.15) is 22.7 Å². The zero-order chi connectivity index (χ0) is 14.8. The number of alkyl halides is 3. The lowest BCUT2D eigenvalue weighted by Crippen LogP contribution is -2.16. The van der Waals surface area contributed by atoms with Gasteiger partial charge in [0, 0.05) is 0 Å². The van der Waals surface area contributed by atoms with Crippen molar-refractivity contribution in [3.05, 3.63) is 47.2 Å². The minimum atomic E-state index is -4.73. The Bertz CT molecular complexity index is 663. The maximum atomic E-state index is 12.0. The van der Waals surface area contributed by atoms with E-state index in [9.17, 15) is 13.2 Å². The van der Waals surface area contributed by atoms with Gasteiger partial charge >= 0.3 is 6.36 Å². The van der Waals surface area contributed by atoms with Crippen molar-refractivity contribution in [2.45, 2.75) is 6.36 Å². The number of nitriles is 1.